The van der Waals surface area contributed by atoms with Crippen LogP contribution in [0.5, 0.6) is 11.5 Å². The van der Waals surface area contributed by atoms with Gasteiger partial charge in [-0.15, -0.1) is 0 Å². The lowest BCUT2D eigenvalue weighted by atomic mass is 10.2. The minimum Gasteiger partial charge on any atom is -0.497 e. The number of alkyl halides is 6. The van der Waals surface area contributed by atoms with Crippen LogP contribution in [0.1, 0.15) is 32.4 Å². The molecule has 63 heavy (non-hydrogen) atoms. The minimum atomic E-state index is -4.80. The molecule has 4 aromatic heterocycles. The van der Waals surface area contributed by atoms with Crippen molar-refractivity contribution in [1.29, 1.82) is 0 Å². The number of halogens is 9. The summed E-state index contributed by atoms with van der Waals surface area (Å²) in [6.45, 7) is 0. The normalized spacial score (nSPS) is 11.5. The molecule has 0 saturated carbocycles. The number of benzene rings is 4. The highest BCUT2D eigenvalue weighted by Gasteiger charge is 2.39. The lowest BCUT2D eigenvalue weighted by Gasteiger charge is -2.11. The number of carbonyl (C=O) groups is 2. The van der Waals surface area contributed by atoms with E-state index in [0.717, 1.165) is 52.1 Å². The van der Waals surface area contributed by atoms with E-state index >= 15 is 0 Å². The molecule has 2 N–H and O–H groups in total. The van der Waals surface area contributed by atoms with Crippen molar-refractivity contribution in [3.05, 3.63) is 144 Å². The second-order valence-electron chi connectivity index (χ2n) is 12.8. The molecule has 0 saturated heterocycles. The molecule has 0 radical (unpaired) electrons. The van der Waals surface area contributed by atoms with Gasteiger partial charge in [-0.2, -0.15) is 26.3 Å². The summed E-state index contributed by atoms with van der Waals surface area (Å²) in [6.07, 6.45) is -5.46. The number of rotatable bonds is 8. The largest absolute Gasteiger partial charge is 0.497 e. The first-order chi connectivity index (χ1) is 29.9. The van der Waals surface area contributed by atoms with Crippen LogP contribution in [0.4, 0.5) is 51.1 Å². The number of nitrogens with one attached hydrogen (secondary N) is 2. The number of anilines is 2. The van der Waals surface area contributed by atoms with E-state index in [1.807, 2.05) is 0 Å². The molecule has 0 aliphatic carbocycles. The minimum absolute atomic E-state index is 0.0254. The number of carbonyl (C=O) groups excluding carboxylic acids is 2. The average Bonchev–Trinajstić information content (AvgIpc) is 3.85. The van der Waals surface area contributed by atoms with Crippen molar-refractivity contribution in [2.45, 2.75) is 12.4 Å². The van der Waals surface area contributed by atoms with Gasteiger partial charge in [-0.1, -0.05) is 12.1 Å². The molecule has 8 rings (SSSR count). The molecular formula is C40H25F9N10O4. The highest BCUT2D eigenvalue weighted by Crippen LogP contribution is 2.36. The Balaban J connectivity index is 0.000000189. The third-order valence-corrected chi connectivity index (χ3v) is 8.74. The molecule has 2 amide bonds. The fourth-order valence-electron chi connectivity index (χ4n) is 5.90. The Morgan fingerprint density at radius 1 is 0.556 bits per heavy atom. The van der Waals surface area contributed by atoms with Crippen molar-refractivity contribution in [3.8, 4) is 23.1 Å². The van der Waals surface area contributed by atoms with E-state index in [0.29, 0.717) is 17.6 Å². The van der Waals surface area contributed by atoms with E-state index in [4.69, 9.17) is 9.47 Å². The first-order valence-corrected chi connectivity index (χ1v) is 17.7. The quantitative estimate of drug-likeness (QED) is 0.141. The van der Waals surface area contributed by atoms with Crippen molar-refractivity contribution >= 4 is 45.5 Å². The number of hydrogen-bond acceptors (Lipinski definition) is 10. The number of ether oxygens (including phenoxy) is 2. The van der Waals surface area contributed by atoms with Crippen LogP contribution in [0.25, 0.3) is 33.7 Å². The number of nitrogens with zero attached hydrogens (tertiary/aromatic N) is 8. The van der Waals surface area contributed by atoms with Gasteiger partial charge in [0.1, 0.15) is 29.0 Å². The predicted octanol–water partition coefficient (Wildman–Crippen LogP) is 8.61. The third-order valence-electron chi connectivity index (χ3n) is 8.74. The molecule has 0 bridgehead atoms. The fourth-order valence-corrected chi connectivity index (χ4v) is 5.90. The number of fused-ring (bicyclic) bond motifs is 2. The summed E-state index contributed by atoms with van der Waals surface area (Å²) in [4.78, 5) is 47.3. The molecule has 0 spiro atoms. The first-order valence-electron chi connectivity index (χ1n) is 17.7. The van der Waals surface area contributed by atoms with E-state index in [9.17, 15) is 49.1 Å². The summed E-state index contributed by atoms with van der Waals surface area (Å²) in [5.74, 6) is -6.63. The van der Waals surface area contributed by atoms with Crippen molar-refractivity contribution in [2.75, 3.05) is 24.9 Å². The Hall–Kier alpha value is -8.11. The molecule has 8 aromatic rings. The fraction of sp³-hybridized carbons (Fsp3) is 0.100. The number of imidazole rings is 2. The molecule has 23 heteroatoms. The van der Waals surface area contributed by atoms with Crippen molar-refractivity contribution in [3.63, 3.8) is 0 Å². The average molecular weight is 881 g/mol. The van der Waals surface area contributed by atoms with Gasteiger partial charge in [0.25, 0.3) is 11.8 Å². The number of hydrogen-bond donors (Lipinski definition) is 2. The Labute approximate surface area is 347 Å². The van der Waals surface area contributed by atoms with Gasteiger partial charge < -0.3 is 20.1 Å². The Bertz CT molecular complexity index is 2990. The van der Waals surface area contributed by atoms with Crippen LogP contribution >= 0.6 is 0 Å². The van der Waals surface area contributed by atoms with E-state index < -0.39 is 58.8 Å². The van der Waals surface area contributed by atoms with E-state index in [1.165, 1.54) is 68.8 Å². The number of methoxy groups -OCH3 is 2. The second kappa shape index (κ2) is 17.1. The molecule has 322 valence electrons. The lowest BCUT2D eigenvalue weighted by Crippen LogP contribution is -2.17. The van der Waals surface area contributed by atoms with E-state index in [1.54, 1.807) is 0 Å². The lowest BCUT2D eigenvalue weighted by molar-refractivity contribution is -0.146. The first kappa shape index (κ1) is 43.0. The summed E-state index contributed by atoms with van der Waals surface area (Å²) in [5.41, 5.74) is -0.438. The molecule has 0 atom stereocenters. The van der Waals surface area contributed by atoms with Gasteiger partial charge in [-0.25, -0.2) is 43.1 Å². The molecule has 14 nitrogen and oxygen atoms in total. The van der Waals surface area contributed by atoms with Crippen molar-refractivity contribution < 1.29 is 58.6 Å². The topological polar surface area (TPSA) is 164 Å². The van der Waals surface area contributed by atoms with Crippen LogP contribution in [-0.2, 0) is 12.4 Å². The summed E-state index contributed by atoms with van der Waals surface area (Å²) in [6, 6.07) is 16.2. The van der Waals surface area contributed by atoms with Crippen LogP contribution < -0.4 is 20.1 Å². The Kier molecular flexibility index (Phi) is 11.7. The van der Waals surface area contributed by atoms with Crippen LogP contribution in [0, 0.1) is 17.5 Å². The Morgan fingerprint density at radius 2 is 1.02 bits per heavy atom. The number of aromatic nitrogens is 8. The van der Waals surface area contributed by atoms with Gasteiger partial charge in [-0.3, -0.25) is 18.7 Å². The van der Waals surface area contributed by atoms with Gasteiger partial charge in [0, 0.05) is 12.1 Å². The van der Waals surface area contributed by atoms with E-state index in [2.05, 4.69) is 40.5 Å². The van der Waals surface area contributed by atoms with Crippen LogP contribution in [0.15, 0.2) is 104 Å². The van der Waals surface area contributed by atoms with E-state index in [-0.39, 0.29) is 50.9 Å². The second-order valence-corrected chi connectivity index (χ2v) is 12.8. The molecule has 4 aromatic carbocycles. The third kappa shape index (κ3) is 9.16. The molecule has 0 unspecified atom stereocenters. The highest BCUT2D eigenvalue weighted by molar-refractivity contribution is 6.04. The summed E-state index contributed by atoms with van der Waals surface area (Å²) in [7, 11) is 2.76. The van der Waals surface area contributed by atoms with Crippen LogP contribution in [0.3, 0.4) is 0 Å². The monoisotopic (exact) mass is 880 g/mol. The zero-order chi connectivity index (χ0) is 45.2. The summed E-state index contributed by atoms with van der Waals surface area (Å²) in [5, 5.41) is 4.57. The van der Waals surface area contributed by atoms with Gasteiger partial charge in [0.05, 0.1) is 72.2 Å². The molecule has 0 aliphatic heterocycles. The molecule has 0 fully saturated rings. The number of amides is 2. The smallest absolute Gasteiger partial charge is 0.450 e. The van der Waals surface area contributed by atoms with Gasteiger partial charge in [-0.05, 0) is 54.6 Å². The summed E-state index contributed by atoms with van der Waals surface area (Å²) >= 11 is 0. The van der Waals surface area contributed by atoms with Crippen molar-refractivity contribution in [2.24, 2.45) is 0 Å². The maximum Gasteiger partial charge on any atom is 0.450 e. The maximum atomic E-state index is 13.7. The van der Waals surface area contributed by atoms with Crippen molar-refractivity contribution in [1.82, 2.24) is 39.0 Å². The zero-order valence-corrected chi connectivity index (χ0v) is 31.9. The zero-order valence-electron chi connectivity index (χ0n) is 31.9. The molecular weight excluding hydrogens is 855 g/mol. The van der Waals surface area contributed by atoms with Crippen LogP contribution in [-0.4, -0.2) is 65.1 Å². The Morgan fingerprint density at radius 3 is 1.44 bits per heavy atom. The highest BCUT2D eigenvalue weighted by atomic mass is 19.4. The van der Waals surface area contributed by atoms with Gasteiger partial charge >= 0.3 is 12.4 Å². The van der Waals surface area contributed by atoms with Crippen LogP contribution in [0.2, 0.25) is 0 Å². The van der Waals surface area contributed by atoms with Gasteiger partial charge in [0.15, 0.2) is 23.3 Å². The predicted molar refractivity (Wildman–Crippen MR) is 205 cm³/mol. The standard InChI is InChI=1S/C20H12F5N5O2.C20H13F4N5O2/c1-32-11-3-5-15-14(7-11)28-19(20(23,24)25)30(15)17-9-26-16(8-27-17)29-18(31)12-6-10(21)2-4-13(12)22;1-31-11-6-7-15-14(8-11)27-19(20(22,23)24)29(15)17-10-25-16(9-26-17)28-18(30)12-4-2-3-5-13(12)21/h2-9H,1H3,(H,26,29,31);2-10H,1H3,(H,25,28,30). The molecule has 0 aliphatic rings. The summed E-state index contributed by atoms with van der Waals surface area (Å²) < 4.78 is 134. The maximum absolute atomic E-state index is 13.7. The van der Waals surface area contributed by atoms with Gasteiger partial charge in [0.2, 0.25) is 11.6 Å². The molecule has 4 heterocycles. The SMILES string of the molecule is COc1ccc2c(c1)nc(C(F)(F)F)n2-c1cnc(NC(=O)c2cc(F)ccc2F)cn1.COc1ccc2c(c1)nc(C(F)(F)F)n2-c1cnc(NC(=O)c2ccccc2F)cn1.